The van der Waals surface area contributed by atoms with Crippen molar-refractivity contribution in [2.45, 2.75) is 19.9 Å². The second kappa shape index (κ2) is 8.83. The summed E-state index contributed by atoms with van der Waals surface area (Å²) in [5.74, 6) is -0.757. The number of hydrogen-bond acceptors (Lipinski definition) is 8. The van der Waals surface area contributed by atoms with Gasteiger partial charge in [-0.3, -0.25) is 19.5 Å². The number of phenols is 1. The first kappa shape index (κ1) is 22.2. The van der Waals surface area contributed by atoms with E-state index in [0.29, 0.717) is 16.1 Å². The molecule has 2 heterocycles. The molecule has 0 saturated carbocycles. The third kappa shape index (κ3) is 4.08. The Morgan fingerprint density at radius 2 is 2.03 bits per heavy atom. The normalized spacial score (nSPS) is 15.7. The number of nitro benzene ring substituents is 1. The standard InChI is InChI=1S/C23H19N3O6S/c1-3-32-22(29)19-13(2)24-23-25(20(19)14-7-5-4-6-8-14)21(28)18(33-23)12-15-11-16(26(30)31)9-10-17(15)27/h4-12,20,27H,3H2,1-2H3/b18-12-. The zero-order valence-corrected chi connectivity index (χ0v) is 18.5. The molecule has 1 atom stereocenters. The van der Waals surface area contributed by atoms with Crippen LogP contribution in [-0.4, -0.2) is 27.2 Å². The van der Waals surface area contributed by atoms with Crippen LogP contribution in [0, 0.1) is 10.1 Å². The van der Waals surface area contributed by atoms with Crippen LogP contribution in [0.4, 0.5) is 5.69 Å². The summed E-state index contributed by atoms with van der Waals surface area (Å²) in [5, 5.41) is 21.3. The molecule has 0 radical (unpaired) electrons. The summed E-state index contributed by atoms with van der Waals surface area (Å²) < 4.78 is 6.87. The molecule has 0 fully saturated rings. The predicted octanol–water partition coefficient (Wildman–Crippen LogP) is 2.41. The SMILES string of the molecule is CCOC(=O)C1=C(C)N=c2s/c(=C\c3cc([N+](=O)[O-])ccc3O)c(=O)n2C1c1ccccc1. The fourth-order valence-corrected chi connectivity index (χ4v) is 4.69. The molecule has 3 aromatic rings. The van der Waals surface area contributed by atoms with Gasteiger partial charge in [-0.25, -0.2) is 9.79 Å². The van der Waals surface area contributed by atoms with Gasteiger partial charge in [-0.2, -0.15) is 0 Å². The van der Waals surface area contributed by atoms with Crippen molar-refractivity contribution in [3.05, 3.63) is 101 Å². The number of allylic oxidation sites excluding steroid dienone is 1. The summed E-state index contributed by atoms with van der Waals surface area (Å²) in [4.78, 5) is 41.6. The van der Waals surface area contributed by atoms with E-state index in [4.69, 9.17) is 4.74 Å². The zero-order chi connectivity index (χ0) is 23.7. The zero-order valence-electron chi connectivity index (χ0n) is 17.7. The number of rotatable bonds is 5. The Morgan fingerprint density at radius 1 is 1.30 bits per heavy atom. The second-order valence-electron chi connectivity index (χ2n) is 7.21. The fraction of sp³-hybridized carbons (Fsp3) is 0.174. The number of nitro groups is 1. The number of carbonyl (C=O) groups is 1. The number of fused-ring (bicyclic) bond motifs is 1. The van der Waals surface area contributed by atoms with Crippen LogP contribution < -0.4 is 14.9 Å². The predicted molar refractivity (Wildman–Crippen MR) is 122 cm³/mol. The number of phenolic OH excluding ortho intramolecular Hbond substituents is 1. The van der Waals surface area contributed by atoms with E-state index in [0.717, 1.165) is 11.3 Å². The maximum Gasteiger partial charge on any atom is 0.338 e. The minimum absolute atomic E-state index is 0.132. The summed E-state index contributed by atoms with van der Waals surface area (Å²) >= 11 is 1.07. The van der Waals surface area contributed by atoms with Crippen molar-refractivity contribution in [1.29, 1.82) is 0 Å². The third-order valence-corrected chi connectivity index (χ3v) is 6.12. The number of ether oxygens (including phenoxy) is 1. The number of benzene rings is 2. The van der Waals surface area contributed by atoms with Crippen LogP contribution in [0.15, 0.2) is 69.6 Å². The number of esters is 1. The monoisotopic (exact) mass is 465 g/mol. The minimum Gasteiger partial charge on any atom is -0.507 e. The molecule has 4 rings (SSSR count). The third-order valence-electron chi connectivity index (χ3n) is 5.14. The largest absolute Gasteiger partial charge is 0.507 e. The van der Waals surface area contributed by atoms with Gasteiger partial charge in [0.05, 0.1) is 33.4 Å². The number of carbonyl (C=O) groups excluding carboxylic acids is 1. The molecule has 0 amide bonds. The Hall–Kier alpha value is -4.05. The van der Waals surface area contributed by atoms with Gasteiger partial charge >= 0.3 is 5.97 Å². The first-order valence-corrected chi connectivity index (χ1v) is 10.9. The minimum atomic E-state index is -0.748. The molecular weight excluding hydrogens is 446 g/mol. The van der Waals surface area contributed by atoms with E-state index < -0.39 is 22.5 Å². The van der Waals surface area contributed by atoms with Gasteiger partial charge < -0.3 is 9.84 Å². The van der Waals surface area contributed by atoms with Crippen LogP contribution >= 0.6 is 11.3 Å². The maximum absolute atomic E-state index is 13.5. The van der Waals surface area contributed by atoms with Gasteiger partial charge in [-0.1, -0.05) is 41.7 Å². The van der Waals surface area contributed by atoms with Crippen LogP contribution in [0.2, 0.25) is 0 Å². The van der Waals surface area contributed by atoms with Crippen LogP contribution in [0.1, 0.15) is 31.0 Å². The number of aromatic hydroxyl groups is 1. The van der Waals surface area contributed by atoms with Crippen molar-refractivity contribution >= 4 is 29.1 Å². The van der Waals surface area contributed by atoms with Gasteiger partial charge in [0.25, 0.3) is 11.2 Å². The average Bonchev–Trinajstić information content (AvgIpc) is 3.09. The molecule has 1 aliphatic rings. The molecule has 33 heavy (non-hydrogen) atoms. The Kier molecular flexibility index (Phi) is 5.93. The van der Waals surface area contributed by atoms with E-state index in [1.54, 1.807) is 13.8 Å². The quantitative estimate of drug-likeness (QED) is 0.351. The lowest BCUT2D eigenvalue weighted by Gasteiger charge is -2.24. The second-order valence-corrected chi connectivity index (χ2v) is 8.22. The number of hydrogen-bond donors (Lipinski definition) is 1. The summed E-state index contributed by atoms with van der Waals surface area (Å²) in [5.41, 5.74) is 0.892. The lowest BCUT2D eigenvalue weighted by molar-refractivity contribution is -0.384. The Balaban J connectivity index is 1.96. The van der Waals surface area contributed by atoms with Gasteiger partial charge in [-0.05, 0) is 31.6 Å². The Morgan fingerprint density at radius 3 is 2.70 bits per heavy atom. The Bertz CT molecular complexity index is 1470. The van der Waals surface area contributed by atoms with Gasteiger partial charge in [0, 0.05) is 17.7 Å². The molecule has 0 spiro atoms. The van der Waals surface area contributed by atoms with Crippen molar-refractivity contribution in [3.8, 4) is 5.75 Å². The summed E-state index contributed by atoms with van der Waals surface area (Å²) in [6, 6.07) is 11.9. The molecule has 1 unspecified atom stereocenters. The van der Waals surface area contributed by atoms with Crippen LogP contribution in [0.5, 0.6) is 5.75 Å². The van der Waals surface area contributed by atoms with Crippen LogP contribution in [0.3, 0.4) is 0 Å². The van der Waals surface area contributed by atoms with Gasteiger partial charge in [-0.15, -0.1) is 0 Å². The van der Waals surface area contributed by atoms with Gasteiger partial charge in [0.1, 0.15) is 5.75 Å². The topological polar surface area (TPSA) is 124 Å². The van der Waals surface area contributed by atoms with Crippen LogP contribution in [-0.2, 0) is 9.53 Å². The molecule has 2 aromatic carbocycles. The van der Waals surface area contributed by atoms with Crippen LogP contribution in [0.25, 0.3) is 6.08 Å². The molecule has 1 aliphatic heterocycles. The number of aromatic nitrogens is 1. The highest BCUT2D eigenvalue weighted by Crippen LogP contribution is 2.30. The molecule has 10 heteroatoms. The highest BCUT2D eigenvalue weighted by atomic mass is 32.1. The molecular formula is C23H19N3O6S. The van der Waals surface area contributed by atoms with E-state index in [-0.39, 0.29) is 33.7 Å². The summed E-state index contributed by atoms with van der Waals surface area (Å²) in [6.45, 7) is 3.56. The summed E-state index contributed by atoms with van der Waals surface area (Å²) in [6.07, 6.45) is 1.39. The van der Waals surface area contributed by atoms with Gasteiger partial charge in [0.15, 0.2) is 4.80 Å². The van der Waals surface area contributed by atoms with E-state index in [9.17, 15) is 24.8 Å². The first-order chi connectivity index (χ1) is 15.8. The Labute approximate surface area is 191 Å². The number of non-ortho nitro benzene ring substituents is 1. The van der Waals surface area contributed by atoms with E-state index in [2.05, 4.69) is 4.99 Å². The fourth-order valence-electron chi connectivity index (χ4n) is 3.65. The number of nitrogens with zero attached hydrogens (tertiary/aromatic N) is 3. The van der Waals surface area contributed by atoms with Gasteiger partial charge in [0.2, 0.25) is 0 Å². The van der Waals surface area contributed by atoms with Crippen molar-refractivity contribution in [2.75, 3.05) is 6.61 Å². The molecule has 9 nitrogen and oxygen atoms in total. The molecule has 168 valence electrons. The van der Waals surface area contributed by atoms with Crippen molar-refractivity contribution < 1.29 is 19.6 Å². The van der Waals surface area contributed by atoms with Crippen molar-refractivity contribution in [1.82, 2.24) is 4.57 Å². The lowest BCUT2D eigenvalue weighted by atomic mass is 9.96. The smallest absolute Gasteiger partial charge is 0.338 e. The molecule has 1 N–H and O–H groups in total. The molecule has 0 bridgehead atoms. The molecule has 1 aromatic heterocycles. The summed E-state index contributed by atoms with van der Waals surface area (Å²) in [7, 11) is 0. The molecule has 0 aliphatic carbocycles. The van der Waals surface area contributed by atoms with Crippen molar-refractivity contribution in [3.63, 3.8) is 0 Å². The average molecular weight is 465 g/mol. The van der Waals surface area contributed by atoms with E-state index >= 15 is 0 Å². The first-order valence-electron chi connectivity index (χ1n) is 10.0. The maximum atomic E-state index is 13.5. The number of thiazole rings is 1. The van der Waals surface area contributed by atoms with E-state index in [1.165, 1.54) is 28.8 Å². The highest BCUT2D eigenvalue weighted by Gasteiger charge is 2.33. The highest BCUT2D eigenvalue weighted by molar-refractivity contribution is 7.07. The van der Waals surface area contributed by atoms with Crippen molar-refractivity contribution in [2.24, 2.45) is 4.99 Å². The van der Waals surface area contributed by atoms with E-state index in [1.807, 2.05) is 30.3 Å². The lowest BCUT2D eigenvalue weighted by Crippen LogP contribution is -2.39. The molecule has 0 saturated heterocycles.